The molecule has 2 N–H and O–H groups in total. The monoisotopic (exact) mass is 500 g/mol. The Kier molecular flexibility index (Phi) is 5.60. The summed E-state index contributed by atoms with van der Waals surface area (Å²) in [6.07, 6.45) is 8.03. The number of rotatable bonds is 6. The van der Waals surface area contributed by atoms with Gasteiger partial charge in [-0.15, -0.1) is 0 Å². The number of hydrogen-bond acceptors (Lipinski definition) is 6. The predicted molar refractivity (Wildman–Crippen MR) is 138 cm³/mol. The van der Waals surface area contributed by atoms with Crippen molar-refractivity contribution < 1.29 is 9.53 Å². The van der Waals surface area contributed by atoms with Crippen LogP contribution in [0.2, 0.25) is 5.02 Å². The molecule has 0 bridgehead atoms. The number of nitrogens with zero attached hydrogens (tertiary/aromatic N) is 5. The normalized spacial score (nSPS) is 17.5. The Morgan fingerprint density at radius 1 is 1.11 bits per heavy atom. The van der Waals surface area contributed by atoms with E-state index < -0.39 is 0 Å². The minimum Gasteiger partial charge on any atom is -0.437 e. The second kappa shape index (κ2) is 8.95. The molecule has 4 heterocycles. The third kappa shape index (κ3) is 4.07. The van der Waals surface area contributed by atoms with Crippen LogP contribution in [0.15, 0.2) is 61.4 Å². The summed E-state index contributed by atoms with van der Waals surface area (Å²) >= 11 is 6.65. The Hall–Kier alpha value is -3.91. The van der Waals surface area contributed by atoms with Crippen molar-refractivity contribution >= 4 is 29.0 Å². The maximum absolute atomic E-state index is 12.1. The lowest BCUT2D eigenvalue weighted by molar-refractivity contribution is -0.125. The molecule has 0 radical (unpaired) electrons. The molecular formula is C27H25ClN6O2. The number of aromatic nitrogens is 4. The number of hydrogen-bond donors (Lipinski definition) is 1. The molecule has 1 saturated heterocycles. The SMILES string of the molecule is C=CC(=O)N1CCC(c2nc(-c3ccc(Oc4cc(C5CC5)ccn4)c(Cl)c3)n3c(N)nccc23)C1. The van der Waals surface area contributed by atoms with Crippen LogP contribution in [0.25, 0.3) is 16.9 Å². The first-order valence-electron chi connectivity index (χ1n) is 12.0. The third-order valence-corrected chi connectivity index (χ3v) is 7.18. The third-order valence-electron chi connectivity index (χ3n) is 6.88. The van der Waals surface area contributed by atoms with Crippen LogP contribution in [0, 0.1) is 0 Å². The van der Waals surface area contributed by atoms with Crippen LogP contribution < -0.4 is 10.5 Å². The Bertz CT molecular complexity index is 1500. The number of likely N-dealkylation sites (tertiary alicyclic amines) is 1. The fourth-order valence-electron chi connectivity index (χ4n) is 4.88. The molecule has 3 aromatic heterocycles. The van der Waals surface area contributed by atoms with Crippen molar-refractivity contribution in [2.75, 3.05) is 18.8 Å². The van der Waals surface area contributed by atoms with Crippen molar-refractivity contribution in [2.24, 2.45) is 0 Å². The van der Waals surface area contributed by atoms with Gasteiger partial charge in [0.25, 0.3) is 0 Å². The molecule has 1 aliphatic heterocycles. The van der Waals surface area contributed by atoms with Gasteiger partial charge in [0.1, 0.15) is 11.6 Å². The quantitative estimate of drug-likeness (QED) is 0.365. The molecule has 9 heteroatoms. The molecule has 2 aliphatic rings. The van der Waals surface area contributed by atoms with E-state index in [1.54, 1.807) is 17.3 Å². The van der Waals surface area contributed by atoms with Crippen LogP contribution in [0.1, 0.15) is 42.4 Å². The van der Waals surface area contributed by atoms with Crippen LogP contribution in [0.5, 0.6) is 11.6 Å². The van der Waals surface area contributed by atoms with Crippen LogP contribution in [0.4, 0.5) is 5.95 Å². The van der Waals surface area contributed by atoms with Gasteiger partial charge in [0.2, 0.25) is 17.7 Å². The van der Waals surface area contributed by atoms with Gasteiger partial charge in [0.05, 0.1) is 16.2 Å². The maximum Gasteiger partial charge on any atom is 0.245 e. The molecule has 182 valence electrons. The van der Waals surface area contributed by atoms with Gasteiger partial charge < -0.3 is 15.4 Å². The van der Waals surface area contributed by atoms with Crippen molar-refractivity contribution in [1.82, 2.24) is 24.3 Å². The van der Waals surface area contributed by atoms with Crippen LogP contribution in [-0.4, -0.2) is 43.2 Å². The highest BCUT2D eigenvalue weighted by Crippen LogP contribution is 2.41. The fourth-order valence-corrected chi connectivity index (χ4v) is 5.10. The number of halogens is 1. The van der Waals surface area contributed by atoms with E-state index in [1.807, 2.05) is 40.8 Å². The first-order chi connectivity index (χ1) is 17.5. The maximum atomic E-state index is 12.1. The van der Waals surface area contributed by atoms with Crippen LogP contribution in [-0.2, 0) is 4.79 Å². The number of carbonyl (C=O) groups excluding carboxylic acids is 1. The zero-order valence-corrected chi connectivity index (χ0v) is 20.4. The number of anilines is 1. The number of benzene rings is 1. The number of pyridine rings is 1. The topological polar surface area (TPSA) is 98.6 Å². The lowest BCUT2D eigenvalue weighted by Crippen LogP contribution is -2.26. The van der Waals surface area contributed by atoms with Gasteiger partial charge in [-0.25, -0.2) is 15.0 Å². The average Bonchev–Trinajstić information content (AvgIpc) is 3.49. The highest BCUT2D eigenvalue weighted by molar-refractivity contribution is 6.32. The molecule has 8 nitrogen and oxygen atoms in total. The Labute approximate surface area is 213 Å². The summed E-state index contributed by atoms with van der Waals surface area (Å²) in [7, 11) is 0. The summed E-state index contributed by atoms with van der Waals surface area (Å²) in [5.41, 5.74) is 10.1. The van der Waals surface area contributed by atoms with Crippen molar-refractivity contribution in [3.05, 3.63) is 77.7 Å². The van der Waals surface area contributed by atoms with Crippen LogP contribution in [0.3, 0.4) is 0 Å². The first-order valence-corrected chi connectivity index (χ1v) is 12.4. The second-order valence-electron chi connectivity index (χ2n) is 9.27. The molecule has 6 rings (SSSR count). The molecule has 1 unspecified atom stereocenters. The lowest BCUT2D eigenvalue weighted by Gasteiger charge is -2.13. The number of imidazole rings is 1. The fraction of sp³-hybridized carbons (Fsp3) is 0.259. The smallest absolute Gasteiger partial charge is 0.245 e. The largest absolute Gasteiger partial charge is 0.437 e. The van der Waals surface area contributed by atoms with Gasteiger partial charge >= 0.3 is 0 Å². The zero-order valence-electron chi connectivity index (χ0n) is 19.6. The summed E-state index contributed by atoms with van der Waals surface area (Å²) < 4.78 is 7.84. The van der Waals surface area contributed by atoms with Crippen molar-refractivity contribution in [2.45, 2.75) is 31.1 Å². The van der Waals surface area contributed by atoms with E-state index in [2.05, 4.69) is 16.5 Å². The summed E-state index contributed by atoms with van der Waals surface area (Å²) in [6, 6.07) is 11.4. The van der Waals surface area contributed by atoms with E-state index in [0.29, 0.717) is 47.4 Å². The molecule has 1 aromatic carbocycles. The number of ether oxygens (including phenoxy) is 1. The second-order valence-corrected chi connectivity index (χ2v) is 9.67. The van der Waals surface area contributed by atoms with Crippen molar-refractivity contribution in [3.63, 3.8) is 0 Å². The summed E-state index contributed by atoms with van der Waals surface area (Å²) in [4.78, 5) is 27.5. The number of carbonyl (C=O) groups is 1. The number of nitrogens with two attached hydrogens (primary N) is 1. The van der Waals surface area contributed by atoms with Crippen LogP contribution >= 0.6 is 11.6 Å². The zero-order chi connectivity index (χ0) is 24.8. The summed E-state index contributed by atoms with van der Waals surface area (Å²) in [5, 5.41) is 0.440. The van der Waals surface area contributed by atoms with Gasteiger partial charge in [-0.2, -0.15) is 0 Å². The molecule has 1 saturated carbocycles. The van der Waals surface area contributed by atoms with Gasteiger partial charge in [-0.3, -0.25) is 9.20 Å². The van der Waals surface area contributed by atoms with Crippen molar-refractivity contribution in [1.29, 1.82) is 0 Å². The predicted octanol–water partition coefficient (Wildman–Crippen LogP) is 5.20. The van der Waals surface area contributed by atoms with Gasteiger partial charge in [0.15, 0.2) is 0 Å². The standard InChI is InChI=1S/C27H25ClN6O2/c1-2-24(35)33-12-9-19(15-33)25-21-8-11-31-27(29)34(21)26(32-25)18-5-6-22(20(28)13-18)36-23-14-17(7-10-30-23)16-3-4-16/h2,5-8,10-11,13-14,16,19H,1,3-4,9,12,15H2,(H2,29,31). The van der Waals surface area contributed by atoms with E-state index in [-0.39, 0.29) is 11.8 Å². The molecule has 36 heavy (non-hydrogen) atoms. The number of amides is 1. The summed E-state index contributed by atoms with van der Waals surface area (Å²) in [5.74, 6) is 2.64. The lowest BCUT2D eigenvalue weighted by atomic mass is 10.0. The number of nitrogen functional groups attached to an aromatic ring is 1. The molecule has 1 atom stereocenters. The molecule has 1 aliphatic carbocycles. The average molecular weight is 501 g/mol. The Morgan fingerprint density at radius 3 is 2.72 bits per heavy atom. The first kappa shape index (κ1) is 22.5. The Morgan fingerprint density at radius 2 is 1.94 bits per heavy atom. The van der Waals surface area contributed by atoms with Gasteiger partial charge in [-0.05, 0) is 67.2 Å². The highest BCUT2D eigenvalue weighted by Gasteiger charge is 2.30. The van der Waals surface area contributed by atoms with Crippen molar-refractivity contribution in [3.8, 4) is 23.0 Å². The minimum absolute atomic E-state index is 0.0676. The van der Waals surface area contributed by atoms with E-state index in [0.717, 1.165) is 23.2 Å². The molecule has 1 amide bonds. The minimum atomic E-state index is -0.0676. The van der Waals surface area contributed by atoms with Gasteiger partial charge in [0, 0.05) is 43.0 Å². The van der Waals surface area contributed by atoms with E-state index in [4.69, 9.17) is 27.1 Å². The van der Waals surface area contributed by atoms with E-state index in [9.17, 15) is 4.79 Å². The highest BCUT2D eigenvalue weighted by atomic mass is 35.5. The summed E-state index contributed by atoms with van der Waals surface area (Å²) in [6.45, 7) is 4.85. The van der Waals surface area contributed by atoms with E-state index >= 15 is 0 Å². The van der Waals surface area contributed by atoms with E-state index in [1.165, 1.54) is 24.5 Å². The molecular weight excluding hydrogens is 476 g/mol. The number of fused-ring (bicyclic) bond motifs is 1. The van der Waals surface area contributed by atoms with Gasteiger partial charge in [-0.1, -0.05) is 18.2 Å². The Balaban J connectivity index is 1.33. The molecule has 0 spiro atoms. The molecule has 4 aromatic rings. The molecule has 2 fully saturated rings.